The molecular weight excluding hydrogens is 214 g/mol. The van der Waals surface area contributed by atoms with Crippen LogP contribution in [-0.2, 0) is 0 Å². The third kappa shape index (κ3) is 3.66. The topological polar surface area (TPSA) is 70.6 Å². The van der Waals surface area contributed by atoms with Crippen LogP contribution in [0.3, 0.4) is 0 Å². The van der Waals surface area contributed by atoms with Crippen LogP contribution in [0.4, 0.5) is 5.69 Å². The molecule has 1 unspecified atom stereocenters. The van der Waals surface area contributed by atoms with Crippen LogP contribution in [0, 0.1) is 5.92 Å². The van der Waals surface area contributed by atoms with Gasteiger partial charge < -0.3 is 16.3 Å². The number of oxime groups is 1. The second kappa shape index (κ2) is 6.13. The largest absolute Gasteiger partial charge is 0.409 e. The third-order valence-corrected chi connectivity index (χ3v) is 2.80. The summed E-state index contributed by atoms with van der Waals surface area (Å²) >= 11 is 0. The highest BCUT2D eigenvalue weighted by molar-refractivity contribution is 5.82. The standard InChI is InChI=1S/C13H21N3O/c1-9(2)11-6-4-5-7-12(11)15-8-10(3)13(14)16-17/h4-7,9-10,15,17H,8H2,1-3H3,(H2,14,16). The molecule has 0 radical (unpaired) electrons. The van der Waals surface area contributed by atoms with Gasteiger partial charge in [0.15, 0.2) is 0 Å². The van der Waals surface area contributed by atoms with Crippen molar-refractivity contribution in [3.05, 3.63) is 29.8 Å². The first kappa shape index (κ1) is 13.4. The van der Waals surface area contributed by atoms with Crippen LogP contribution < -0.4 is 11.1 Å². The molecule has 1 atom stereocenters. The molecule has 0 aliphatic carbocycles. The molecule has 0 aromatic heterocycles. The highest BCUT2D eigenvalue weighted by atomic mass is 16.4. The van der Waals surface area contributed by atoms with Gasteiger partial charge in [0.05, 0.1) is 0 Å². The van der Waals surface area contributed by atoms with Crippen molar-refractivity contribution in [2.45, 2.75) is 26.7 Å². The number of anilines is 1. The van der Waals surface area contributed by atoms with Crippen LogP contribution >= 0.6 is 0 Å². The molecule has 1 aromatic carbocycles. The normalized spacial score (nSPS) is 13.8. The van der Waals surface area contributed by atoms with Crippen molar-refractivity contribution in [2.75, 3.05) is 11.9 Å². The van der Waals surface area contributed by atoms with Crippen molar-refractivity contribution in [2.24, 2.45) is 16.8 Å². The van der Waals surface area contributed by atoms with Gasteiger partial charge in [-0.05, 0) is 17.5 Å². The minimum Gasteiger partial charge on any atom is -0.409 e. The Bertz CT molecular complexity index is 388. The first-order valence-electron chi connectivity index (χ1n) is 5.86. The van der Waals surface area contributed by atoms with Gasteiger partial charge in [0.25, 0.3) is 0 Å². The number of hydrogen-bond donors (Lipinski definition) is 3. The minimum atomic E-state index is 0.000202. The molecule has 94 valence electrons. The summed E-state index contributed by atoms with van der Waals surface area (Å²) in [6.45, 7) is 6.89. The SMILES string of the molecule is CC(CNc1ccccc1C(C)C)/C(N)=N/O. The zero-order chi connectivity index (χ0) is 12.8. The van der Waals surface area contributed by atoms with Gasteiger partial charge in [-0.15, -0.1) is 0 Å². The van der Waals surface area contributed by atoms with E-state index in [0.717, 1.165) is 5.69 Å². The molecule has 0 heterocycles. The highest BCUT2D eigenvalue weighted by Gasteiger charge is 2.09. The first-order valence-corrected chi connectivity index (χ1v) is 5.86. The Labute approximate surface area is 103 Å². The van der Waals surface area contributed by atoms with E-state index in [1.54, 1.807) is 0 Å². The lowest BCUT2D eigenvalue weighted by Gasteiger charge is -2.17. The molecule has 0 fully saturated rings. The molecule has 1 aromatic rings. The van der Waals surface area contributed by atoms with E-state index in [-0.39, 0.29) is 11.8 Å². The quantitative estimate of drug-likeness (QED) is 0.318. The molecule has 17 heavy (non-hydrogen) atoms. The fraction of sp³-hybridized carbons (Fsp3) is 0.462. The van der Waals surface area contributed by atoms with E-state index in [4.69, 9.17) is 10.9 Å². The first-order chi connectivity index (χ1) is 8.06. The third-order valence-electron chi connectivity index (χ3n) is 2.80. The van der Waals surface area contributed by atoms with Gasteiger partial charge in [-0.1, -0.05) is 44.1 Å². The molecule has 0 amide bonds. The summed E-state index contributed by atoms with van der Waals surface area (Å²) in [6, 6.07) is 8.20. The van der Waals surface area contributed by atoms with Crippen LogP contribution in [0.2, 0.25) is 0 Å². The fourth-order valence-electron chi connectivity index (χ4n) is 1.63. The molecule has 4 heteroatoms. The number of rotatable bonds is 5. The lowest BCUT2D eigenvalue weighted by molar-refractivity contribution is 0.315. The molecule has 4 nitrogen and oxygen atoms in total. The average Bonchev–Trinajstić information content (AvgIpc) is 2.35. The van der Waals surface area contributed by atoms with Crippen LogP contribution in [-0.4, -0.2) is 17.6 Å². The van der Waals surface area contributed by atoms with Gasteiger partial charge in [-0.3, -0.25) is 0 Å². The molecule has 0 aliphatic heterocycles. The van der Waals surface area contributed by atoms with Crippen molar-refractivity contribution in [3.63, 3.8) is 0 Å². The summed E-state index contributed by atoms with van der Waals surface area (Å²) < 4.78 is 0. The Morgan fingerprint density at radius 1 is 1.35 bits per heavy atom. The predicted octanol–water partition coefficient (Wildman–Crippen LogP) is 2.60. The van der Waals surface area contributed by atoms with Crippen LogP contribution in [0.25, 0.3) is 0 Å². The van der Waals surface area contributed by atoms with Crippen molar-refractivity contribution in [3.8, 4) is 0 Å². The average molecular weight is 235 g/mol. The molecular formula is C13H21N3O. The zero-order valence-corrected chi connectivity index (χ0v) is 10.6. The van der Waals surface area contributed by atoms with E-state index in [1.165, 1.54) is 5.56 Å². The molecule has 0 aliphatic rings. The van der Waals surface area contributed by atoms with Crippen molar-refractivity contribution >= 4 is 11.5 Å². The summed E-state index contributed by atoms with van der Waals surface area (Å²) in [5.74, 6) is 0.720. The van der Waals surface area contributed by atoms with E-state index >= 15 is 0 Å². The Hall–Kier alpha value is -1.71. The fourth-order valence-corrected chi connectivity index (χ4v) is 1.63. The molecule has 0 spiro atoms. The molecule has 0 saturated carbocycles. The maximum absolute atomic E-state index is 8.58. The summed E-state index contributed by atoms with van der Waals surface area (Å²) in [4.78, 5) is 0. The van der Waals surface area contributed by atoms with Gasteiger partial charge in [0, 0.05) is 18.2 Å². The van der Waals surface area contributed by atoms with Gasteiger partial charge in [0.1, 0.15) is 5.84 Å². The van der Waals surface area contributed by atoms with Gasteiger partial charge in [-0.25, -0.2) is 0 Å². The number of amidine groups is 1. The molecule has 4 N–H and O–H groups in total. The number of nitrogens with zero attached hydrogens (tertiary/aromatic N) is 1. The van der Waals surface area contributed by atoms with Crippen molar-refractivity contribution in [1.29, 1.82) is 0 Å². The Morgan fingerprint density at radius 3 is 2.59 bits per heavy atom. The van der Waals surface area contributed by atoms with Gasteiger partial charge in [-0.2, -0.15) is 0 Å². The number of hydrogen-bond acceptors (Lipinski definition) is 3. The Kier molecular flexibility index (Phi) is 4.82. The van der Waals surface area contributed by atoms with Gasteiger partial charge >= 0.3 is 0 Å². The predicted molar refractivity (Wildman–Crippen MR) is 71.6 cm³/mol. The summed E-state index contributed by atoms with van der Waals surface area (Å²) in [5.41, 5.74) is 7.93. The molecule has 1 rings (SSSR count). The van der Waals surface area contributed by atoms with Gasteiger partial charge in [0.2, 0.25) is 0 Å². The van der Waals surface area contributed by atoms with E-state index in [1.807, 2.05) is 25.1 Å². The zero-order valence-electron chi connectivity index (χ0n) is 10.6. The Balaban J connectivity index is 2.69. The second-order valence-electron chi connectivity index (χ2n) is 4.55. The summed E-state index contributed by atoms with van der Waals surface area (Å²) in [5, 5.41) is 14.9. The smallest absolute Gasteiger partial charge is 0.143 e. The minimum absolute atomic E-state index is 0.000202. The van der Waals surface area contributed by atoms with Crippen LogP contribution in [0.1, 0.15) is 32.3 Å². The van der Waals surface area contributed by atoms with E-state index in [0.29, 0.717) is 12.5 Å². The molecule has 0 bridgehead atoms. The van der Waals surface area contributed by atoms with Crippen molar-refractivity contribution in [1.82, 2.24) is 0 Å². The maximum Gasteiger partial charge on any atom is 0.143 e. The van der Waals surface area contributed by atoms with E-state index in [9.17, 15) is 0 Å². The van der Waals surface area contributed by atoms with E-state index in [2.05, 4.69) is 30.4 Å². The number of nitrogens with one attached hydrogen (secondary N) is 1. The number of benzene rings is 1. The second-order valence-corrected chi connectivity index (χ2v) is 4.55. The molecule has 0 saturated heterocycles. The number of para-hydroxylation sites is 1. The summed E-state index contributed by atoms with van der Waals surface area (Å²) in [6.07, 6.45) is 0. The van der Waals surface area contributed by atoms with Crippen LogP contribution in [0.15, 0.2) is 29.4 Å². The monoisotopic (exact) mass is 235 g/mol. The number of nitrogens with two attached hydrogens (primary N) is 1. The summed E-state index contributed by atoms with van der Waals surface area (Å²) in [7, 11) is 0. The maximum atomic E-state index is 8.58. The van der Waals surface area contributed by atoms with Crippen LogP contribution in [0.5, 0.6) is 0 Å². The highest BCUT2D eigenvalue weighted by Crippen LogP contribution is 2.23. The van der Waals surface area contributed by atoms with E-state index < -0.39 is 0 Å². The lowest BCUT2D eigenvalue weighted by Crippen LogP contribution is -2.27. The van der Waals surface area contributed by atoms with Crippen molar-refractivity contribution < 1.29 is 5.21 Å². The Morgan fingerprint density at radius 2 is 2.00 bits per heavy atom. The lowest BCUT2D eigenvalue weighted by atomic mass is 10.0.